The maximum absolute atomic E-state index is 11.2. The summed E-state index contributed by atoms with van der Waals surface area (Å²) in [6.07, 6.45) is 14.0. The Morgan fingerprint density at radius 1 is 0.909 bits per heavy atom. The molecule has 0 spiro atoms. The molecule has 0 radical (unpaired) electrons. The fourth-order valence-corrected chi connectivity index (χ4v) is 10.1. The van der Waals surface area contributed by atoms with Crippen molar-refractivity contribution < 1.29 is 15.0 Å². The number of carbonyl (C=O) groups excluding carboxylic acids is 1. The number of hydrogen-bond donors (Lipinski definition) is 2. The maximum Gasteiger partial charge on any atom is 0.123 e. The molecule has 33 heavy (non-hydrogen) atoms. The monoisotopic (exact) mass is 460 g/mol. The minimum atomic E-state index is -0.152. The first-order valence-electron chi connectivity index (χ1n) is 14.2. The van der Waals surface area contributed by atoms with Gasteiger partial charge in [0.2, 0.25) is 0 Å². The van der Waals surface area contributed by atoms with Gasteiger partial charge in [-0.3, -0.25) is 0 Å². The van der Waals surface area contributed by atoms with Crippen LogP contribution < -0.4 is 0 Å². The number of aldehydes is 1. The van der Waals surface area contributed by atoms with Crippen molar-refractivity contribution in [3.05, 3.63) is 0 Å². The number of fused-ring (bicyclic) bond motifs is 5. The van der Waals surface area contributed by atoms with E-state index in [1.807, 2.05) is 6.92 Å². The van der Waals surface area contributed by atoms with Crippen molar-refractivity contribution in [2.75, 3.05) is 6.61 Å². The van der Waals surface area contributed by atoms with Gasteiger partial charge in [0, 0.05) is 12.5 Å². The van der Waals surface area contributed by atoms with Crippen molar-refractivity contribution in [3.8, 4) is 0 Å². The average Bonchev–Trinajstić information content (AvgIpc) is 2.79. The molecule has 4 aliphatic carbocycles. The Balaban J connectivity index is 1.51. The van der Waals surface area contributed by atoms with Crippen LogP contribution in [0.5, 0.6) is 0 Å². The van der Waals surface area contributed by atoms with Crippen molar-refractivity contribution in [2.45, 2.75) is 118 Å². The summed E-state index contributed by atoms with van der Waals surface area (Å²) >= 11 is 0. The van der Waals surface area contributed by atoms with Crippen LogP contribution in [0.1, 0.15) is 112 Å². The lowest BCUT2D eigenvalue weighted by Gasteiger charge is -2.68. The van der Waals surface area contributed by atoms with Gasteiger partial charge in [-0.25, -0.2) is 0 Å². The van der Waals surface area contributed by atoms with E-state index in [4.69, 9.17) is 0 Å². The predicted octanol–water partition coefficient (Wildman–Crippen LogP) is 6.65. The molecule has 3 heteroatoms. The number of carbonyl (C=O) groups is 1. The second-order valence-electron chi connectivity index (χ2n) is 14.4. The molecule has 0 heterocycles. The van der Waals surface area contributed by atoms with Crippen LogP contribution >= 0.6 is 0 Å². The average molecular weight is 461 g/mol. The first-order valence-corrected chi connectivity index (χ1v) is 14.2. The lowest BCUT2D eigenvalue weighted by Crippen LogP contribution is -2.62. The number of hydrogen-bond acceptors (Lipinski definition) is 3. The molecule has 0 amide bonds. The molecule has 2 N–H and O–H groups in total. The van der Waals surface area contributed by atoms with E-state index in [9.17, 15) is 15.0 Å². The van der Waals surface area contributed by atoms with Gasteiger partial charge < -0.3 is 15.0 Å². The number of rotatable bonds is 6. The molecule has 0 aromatic carbocycles. The van der Waals surface area contributed by atoms with E-state index in [2.05, 4.69) is 34.6 Å². The molecule has 10 atom stereocenters. The van der Waals surface area contributed by atoms with Crippen molar-refractivity contribution in [1.82, 2.24) is 0 Å². The zero-order valence-corrected chi connectivity index (χ0v) is 22.4. The lowest BCUT2D eigenvalue weighted by atomic mass is 9.37. The molecule has 0 saturated heterocycles. The zero-order chi connectivity index (χ0) is 24.2. The van der Waals surface area contributed by atoms with Crippen LogP contribution in [0.25, 0.3) is 0 Å². The molecule has 0 aromatic rings. The van der Waals surface area contributed by atoms with Crippen molar-refractivity contribution in [3.63, 3.8) is 0 Å². The van der Waals surface area contributed by atoms with Gasteiger partial charge in [0.25, 0.3) is 0 Å². The van der Waals surface area contributed by atoms with Gasteiger partial charge in [-0.05, 0) is 122 Å². The van der Waals surface area contributed by atoms with Crippen LogP contribution in [0.4, 0.5) is 0 Å². The Morgan fingerprint density at radius 2 is 1.61 bits per heavy atom. The third-order valence-corrected chi connectivity index (χ3v) is 12.6. The highest BCUT2D eigenvalue weighted by Crippen LogP contribution is 2.71. The summed E-state index contributed by atoms with van der Waals surface area (Å²) in [6.45, 7) is 14.4. The standard InChI is InChI=1S/C30H52O3/c1-20(21(2)18-31)9-15-30(19-32)16-10-23-22(17-30)7-8-25-28(23,5)13-11-24-27(3,4)26(33)12-14-29(24,25)6/h18,20-26,32-33H,7-17,19H2,1-6H3/t20?,21-,22?,23?,24?,25?,26+,28+,29+,30+/m1/s1. The molecule has 190 valence electrons. The van der Waals surface area contributed by atoms with Gasteiger partial charge >= 0.3 is 0 Å². The minimum Gasteiger partial charge on any atom is -0.396 e. The van der Waals surface area contributed by atoms with Crippen LogP contribution in [0.3, 0.4) is 0 Å². The molecule has 4 aliphatic rings. The van der Waals surface area contributed by atoms with Gasteiger partial charge in [-0.15, -0.1) is 0 Å². The molecule has 4 saturated carbocycles. The maximum atomic E-state index is 11.2. The van der Waals surface area contributed by atoms with Crippen molar-refractivity contribution in [2.24, 2.45) is 57.2 Å². The molecule has 4 rings (SSSR count). The fraction of sp³-hybridized carbons (Fsp3) is 0.967. The predicted molar refractivity (Wildman–Crippen MR) is 135 cm³/mol. The van der Waals surface area contributed by atoms with Gasteiger partial charge in [0.05, 0.1) is 6.10 Å². The first-order chi connectivity index (χ1) is 15.4. The normalized spacial score (nSPS) is 48.7. The number of aliphatic hydroxyl groups excluding tert-OH is 2. The molecule has 0 aromatic heterocycles. The highest BCUT2D eigenvalue weighted by atomic mass is 16.3. The molecule has 3 nitrogen and oxygen atoms in total. The molecule has 5 unspecified atom stereocenters. The Labute approximate surface area is 203 Å². The molecule has 0 aliphatic heterocycles. The molecular formula is C30H52O3. The molecule has 0 bridgehead atoms. The van der Waals surface area contributed by atoms with Crippen LogP contribution in [-0.2, 0) is 4.79 Å². The van der Waals surface area contributed by atoms with E-state index in [0.29, 0.717) is 29.3 Å². The van der Waals surface area contributed by atoms with E-state index in [1.165, 1.54) is 44.9 Å². The van der Waals surface area contributed by atoms with Gasteiger partial charge in [0.15, 0.2) is 0 Å². The summed E-state index contributed by atoms with van der Waals surface area (Å²) in [5.41, 5.74) is 0.860. The highest BCUT2D eigenvalue weighted by molar-refractivity contribution is 5.53. The van der Waals surface area contributed by atoms with Gasteiger partial charge in [-0.2, -0.15) is 0 Å². The summed E-state index contributed by atoms with van der Waals surface area (Å²) in [4.78, 5) is 11.2. The quantitative estimate of drug-likeness (QED) is 0.436. The van der Waals surface area contributed by atoms with E-state index < -0.39 is 0 Å². The highest BCUT2D eigenvalue weighted by Gasteiger charge is 2.64. The second-order valence-corrected chi connectivity index (χ2v) is 14.4. The first kappa shape index (κ1) is 25.7. The van der Waals surface area contributed by atoms with Gasteiger partial charge in [0.1, 0.15) is 6.29 Å². The Morgan fingerprint density at radius 3 is 2.27 bits per heavy atom. The lowest BCUT2D eigenvalue weighted by molar-refractivity contribution is -0.210. The van der Waals surface area contributed by atoms with E-state index in [-0.39, 0.29) is 22.9 Å². The van der Waals surface area contributed by atoms with E-state index in [1.54, 1.807) is 0 Å². The summed E-state index contributed by atoms with van der Waals surface area (Å²) in [5, 5.41) is 21.3. The van der Waals surface area contributed by atoms with Crippen LogP contribution in [0.2, 0.25) is 0 Å². The SMILES string of the molecule is CC(CC[C@]1(CO)CCC2C(CCC3[C@@]2(C)CCC2C(C)(C)[C@@H](O)CC[C@@]23C)C1)[C@H](C)C=O. The van der Waals surface area contributed by atoms with Crippen molar-refractivity contribution in [1.29, 1.82) is 0 Å². The Bertz CT molecular complexity index is 717. The summed E-state index contributed by atoms with van der Waals surface area (Å²) < 4.78 is 0. The summed E-state index contributed by atoms with van der Waals surface area (Å²) in [5.74, 6) is 3.44. The van der Waals surface area contributed by atoms with Crippen LogP contribution in [0.15, 0.2) is 0 Å². The smallest absolute Gasteiger partial charge is 0.123 e. The number of aliphatic hydroxyl groups is 2. The van der Waals surface area contributed by atoms with E-state index >= 15 is 0 Å². The van der Waals surface area contributed by atoms with Crippen molar-refractivity contribution >= 4 is 6.29 Å². The largest absolute Gasteiger partial charge is 0.396 e. The summed E-state index contributed by atoms with van der Waals surface area (Å²) in [7, 11) is 0. The zero-order valence-electron chi connectivity index (χ0n) is 22.4. The van der Waals surface area contributed by atoms with Gasteiger partial charge in [-0.1, -0.05) is 41.5 Å². The third kappa shape index (κ3) is 4.05. The van der Waals surface area contributed by atoms with Crippen LogP contribution in [-0.4, -0.2) is 29.2 Å². The third-order valence-electron chi connectivity index (χ3n) is 12.6. The van der Waals surface area contributed by atoms with Crippen LogP contribution in [0, 0.1) is 57.2 Å². The Hall–Kier alpha value is -0.410. The van der Waals surface area contributed by atoms with E-state index in [0.717, 1.165) is 49.7 Å². The Kier molecular flexibility index (Phi) is 6.93. The fourth-order valence-electron chi connectivity index (χ4n) is 10.1. The molecule has 4 fully saturated rings. The minimum absolute atomic E-state index is 0.0269. The summed E-state index contributed by atoms with van der Waals surface area (Å²) in [6, 6.07) is 0. The molecular weight excluding hydrogens is 408 g/mol. The topological polar surface area (TPSA) is 57.5 Å². The second kappa shape index (κ2) is 8.91.